The molecule has 0 amide bonds. The van der Waals surface area contributed by atoms with Gasteiger partial charge in [-0.25, -0.2) is 0 Å². The van der Waals surface area contributed by atoms with Gasteiger partial charge >= 0.3 is 0 Å². The van der Waals surface area contributed by atoms with Crippen molar-refractivity contribution in [2.75, 3.05) is 9.80 Å². The number of hydrogen-bond acceptors (Lipinski definition) is 3. The van der Waals surface area contributed by atoms with Gasteiger partial charge in [0.15, 0.2) is 0 Å². The van der Waals surface area contributed by atoms with Crippen molar-refractivity contribution in [1.82, 2.24) is 0 Å². The Balaban J connectivity index is 1.11. The molecule has 12 rings (SSSR count). The molecule has 2 nitrogen and oxygen atoms in total. The molecule has 0 radical (unpaired) electrons. The van der Waals surface area contributed by atoms with Crippen molar-refractivity contribution in [3.05, 3.63) is 186 Å². The fourth-order valence-electron chi connectivity index (χ4n) is 11.2. The van der Waals surface area contributed by atoms with Crippen LogP contribution in [0.4, 0.5) is 34.1 Å². The summed E-state index contributed by atoms with van der Waals surface area (Å²) in [7, 11) is 0. The number of benzene rings is 9. The number of nitrogens with zero attached hydrogens (tertiary/aromatic N) is 2. The number of fused-ring (bicyclic) bond motifs is 12. The number of anilines is 6. The fraction of sp³-hybridized carbons (Fsp3) is 0.194. The topological polar surface area (TPSA) is 6.48 Å². The van der Waals surface area contributed by atoms with Crippen molar-refractivity contribution >= 4 is 110 Å². The molecule has 1 aromatic heterocycles. The molecule has 10 aromatic rings. The van der Waals surface area contributed by atoms with Gasteiger partial charge in [0.05, 0.1) is 5.69 Å². The van der Waals surface area contributed by atoms with Gasteiger partial charge in [-0.15, -0.1) is 11.3 Å². The van der Waals surface area contributed by atoms with Gasteiger partial charge in [0.1, 0.15) is 0 Å². The van der Waals surface area contributed by atoms with E-state index in [2.05, 4.69) is 229 Å². The van der Waals surface area contributed by atoms with Crippen LogP contribution in [0.3, 0.4) is 0 Å². The maximum absolute atomic E-state index is 2.60. The van der Waals surface area contributed by atoms with E-state index in [4.69, 9.17) is 0 Å². The SMILES string of the molecule is CC(C)c1ccc(N2c3cccc4c3B(c3cc(C(C)C)ccc3N4c3ccc(C(C)C)c(-c4ccc5c6ccccc6c6ccccc6c5c4)c3)c3sc4ccc(C(C)C)cc4c32)cc1. The highest BCUT2D eigenvalue weighted by molar-refractivity contribution is 7.33. The minimum Gasteiger partial charge on any atom is -0.311 e. The molecular weight excluding hydrogens is 816 g/mol. The molecule has 4 heteroatoms. The maximum atomic E-state index is 2.60. The van der Waals surface area contributed by atoms with Gasteiger partial charge in [0, 0.05) is 43.3 Å². The van der Waals surface area contributed by atoms with Crippen LogP contribution in [0.2, 0.25) is 0 Å². The second kappa shape index (κ2) is 15.5. The molecule has 2 aliphatic heterocycles. The molecule has 0 atom stereocenters. The average molecular weight is 871 g/mol. The molecule has 0 unspecified atom stereocenters. The first-order chi connectivity index (χ1) is 32.0. The zero-order valence-electron chi connectivity index (χ0n) is 39.3. The lowest BCUT2D eigenvalue weighted by molar-refractivity contribution is 0.866. The summed E-state index contributed by atoms with van der Waals surface area (Å²) in [6.07, 6.45) is 0. The summed E-state index contributed by atoms with van der Waals surface area (Å²) in [5, 5.41) is 9.15. The van der Waals surface area contributed by atoms with Gasteiger partial charge in [-0.3, -0.25) is 0 Å². The first-order valence-corrected chi connectivity index (χ1v) is 24.9. The summed E-state index contributed by atoms with van der Waals surface area (Å²) in [5.41, 5.74) is 18.2. The molecule has 0 N–H and O–H groups in total. The lowest BCUT2D eigenvalue weighted by Gasteiger charge is -2.43. The van der Waals surface area contributed by atoms with Crippen LogP contribution in [-0.4, -0.2) is 6.71 Å². The van der Waals surface area contributed by atoms with Crippen LogP contribution in [-0.2, 0) is 0 Å². The van der Waals surface area contributed by atoms with Crippen molar-refractivity contribution in [1.29, 1.82) is 0 Å². The molecule has 66 heavy (non-hydrogen) atoms. The summed E-state index contributed by atoms with van der Waals surface area (Å²) in [4.78, 5) is 5.19. The Kier molecular flexibility index (Phi) is 9.59. The predicted octanol–water partition coefficient (Wildman–Crippen LogP) is 16.6. The molecule has 3 heterocycles. The Morgan fingerprint density at radius 3 is 1.64 bits per heavy atom. The van der Waals surface area contributed by atoms with Crippen molar-refractivity contribution in [2.45, 2.75) is 79.1 Å². The Morgan fingerprint density at radius 2 is 0.985 bits per heavy atom. The van der Waals surface area contributed by atoms with Gasteiger partial charge in [-0.1, -0.05) is 159 Å². The summed E-state index contributed by atoms with van der Waals surface area (Å²) in [6, 6.07) is 63.3. The fourth-order valence-corrected chi connectivity index (χ4v) is 12.5. The lowest BCUT2D eigenvalue weighted by Crippen LogP contribution is -2.60. The largest absolute Gasteiger partial charge is 0.311 e. The summed E-state index contributed by atoms with van der Waals surface area (Å²) < 4.78 is 2.77. The lowest BCUT2D eigenvalue weighted by atomic mass is 9.36. The highest BCUT2D eigenvalue weighted by Crippen LogP contribution is 2.49. The van der Waals surface area contributed by atoms with Gasteiger partial charge in [-0.05, 0) is 161 Å². The second-order valence-electron chi connectivity index (χ2n) is 20.0. The minimum atomic E-state index is 0.0836. The quantitative estimate of drug-likeness (QED) is 0.116. The number of rotatable bonds is 7. The first-order valence-electron chi connectivity index (χ1n) is 24.1. The van der Waals surface area contributed by atoms with Crippen LogP contribution in [0, 0.1) is 0 Å². The monoisotopic (exact) mass is 870 g/mol. The van der Waals surface area contributed by atoms with Gasteiger partial charge in [-0.2, -0.15) is 0 Å². The average Bonchev–Trinajstić information content (AvgIpc) is 3.72. The van der Waals surface area contributed by atoms with Gasteiger partial charge in [0.2, 0.25) is 0 Å². The van der Waals surface area contributed by atoms with E-state index in [0.29, 0.717) is 23.7 Å². The molecule has 0 saturated heterocycles. The standard InChI is InChI=1S/C62H55BN2S/c1-36(2)40-20-25-44(26-21-40)65-58-19-13-18-57-60(58)63(62-61(65)54-32-41(37(3)4)24-31-59(54)66-62)55-34-42(38(5)6)23-30-56(55)64(57)45-27-29-46(39(7)8)52(35-45)43-22-28-51-49-16-10-9-14-47(49)48-15-11-12-17-50(48)53(51)33-43/h9-39H,1-8H3. The zero-order valence-corrected chi connectivity index (χ0v) is 40.1. The Hall–Kier alpha value is -6.62. The van der Waals surface area contributed by atoms with Crippen molar-refractivity contribution in [2.24, 2.45) is 0 Å². The molecular formula is C62H55BN2S. The van der Waals surface area contributed by atoms with E-state index in [0.717, 1.165) is 0 Å². The third kappa shape index (κ3) is 6.21. The predicted molar refractivity (Wildman–Crippen MR) is 290 cm³/mol. The summed E-state index contributed by atoms with van der Waals surface area (Å²) in [5.74, 6) is 1.63. The third-order valence-corrected chi connectivity index (χ3v) is 16.0. The van der Waals surface area contributed by atoms with Crippen LogP contribution < -0.4 is 25.5 Å². The van der Waals surface area contributed by atoms with E-state index in [-0.39, 0.29) is 6.71 Å². The molecule has 0 aliphatic carbocycles. The highest BCUT2D eigenvalue weighted by atomic mass is 32.1. The van der Waals surface area contributed by atoms with Gasteiger partial charge < -0.3 is 9.80 Å². The Bertz CT molecular complexity index is 3540. The summed E-state index contributed by atoms with van der Waals surface area (Å²) >= 11 is 1.99. The normalized spacial score (nSPS) is 13.3. The van der Waals surface area contributed by atoms with E-state index in [1.807, 2.05) is 11.3 Å². The maximum Gasteiger partial charge on any atom is 0.264 e. The van der Waals surface area contributed by atoms with E-state index < -0.39 is 0 Å². The van der Waals surface area contributed by atoms with E-state index in [1.54, 1.807) is 0 Å². The van der Waals surface area contributed by atoms with Crippen LogP contribution in [0.5, 0.6) is 0 Å². The van der Waals surface area contributed by atoms with Crippen molar-refractivity contribution in [3.8, 4) is 11.1 Å². The first kappa shape index (κ1) is 40.9. The van der Waals surface area contributed by atoms with Crippen LogP contribution in [0.15, 0.2) is 164 Å². The zero-order chi connectivity index (χ0) is 45.1. The molecule has 9 aromatic carbocycles. The minimum absolute atomic E-state index is 0.0836. The van der Waals surface area contributed by atoms with Crippen molar-refractivity contribution < 1.29 is 0 Å². The molecule has 322 valence electrons. The summed E-state index contributed by atoms with van der Waals surface area (Å²) in [6.45, 7) is 18.6. The molecule has 0 saturated carbocycles. The Morgan fingerprint density at radius 1 is 0.409 bits per heavy atom. The number of thiophene rings is 1. The smallest absolute Gasteiger partial charge is 0.264 e. The second-order valence-corrected chi connectivity index (χ2v) is 21.1. The highest BCUT2D eigenvalue weighted by Gasteiger charge is 2.45. The molecule has 0 spiro atoms. The van der Waals surface area contributed by atoms with Gasteiger partial charge in [0.25, 0.3) is 6.71 Å². The van der Waals surface area contributed by atoms with Crippen LogP contribution in [0.25, 0.3) is 53.5 Å². The molecule has 0 bridgehead atoms. The van der Waals surface area contributed by atoms with Crippen molar-refractivity contribution in [3.63, 3.8) is 0 Å². The van der Waals surface area contributed by atoms with E-state index in [9.17, 15) is 0 Å². The molecule has 2 aliphatic rings. The van der Waals surface area contributed by atoms with E-state index >= 15 is 0 Å². The van der Waals surface area contributed by atoms with Crippen LogP contribution >= 0.6 is 11.3 Å². The Labute approximate surface area is 394 Å². The van der Waals surface area contributed by atoms with E-state index in [1.165, 1.54) is 126 Å². The van der Waals surface area contributed by atoms with Crippen LogP contribution in [0.1, 0.15) is 101 Å². The number of hydrogen-bond donors (Lipinski definition) is 0. The third-order valence-electron chi connectivity index (χ3n) is 14.8. The molecule has 0 fully saturated rings.